The first-order chi connectivity index (χ1) is 11.2. The Hall–Kier alpha value is -2.99. The lowest BCUT2D eigenvalue weighted by atomic mass is 10.2. The molecule has 0 saturated heterocycles. The monoisotopic (exact) mass is 308 g/mol. The molecule has 6 heteroatoms. The van der Waals surface area contributed by atoms with Crippen molar-refractivity contribution in [3.05, 3.63) is 59.9 Å². The number of nitrogens with one attached hydrogen (secondary N) is 1. The van der Waals surface area contributed by atoms with Crippen LogP contribution in [0.15, 0.2) is 48.8 Å². The minimum Gasteiger partial charge on any atom is -0.351 e. The summed E-state index contributed by atoms with van der Waals surface area (Å²) < 4.78 is 1.91. The van der Waals surface area contributed by atoms with E-state index in [0.717, 1.165) is 23.0 Å². The predicted octanol–water partition coefficient (Wildman–Crippen LogP) is 1.53. The highest BCUT2D eigenvalue weighted by atomic mass is 16.1. The Labute approximate surface area is 132 Å². The quantitative estimate of drug-likeness (QED) is 0.699. The van der Waals surface area contributed by atoms with Gasteiger partial charge in [-0.3, -0.25) is 9.59 Å². The molecule has 1 amide bonds. The number of hydrogen-bond acceptors (Lipinski definition) is 4. The Balaban J connectivity index is 1.90. The number of fused-ring (bicyclic) bond motifs is 1. The molecule has 0 radical (unpaired) electrons. The highest BCUT2D eigenvalue weighted by molar-refractivity contribution is 5.94. The van der Waals surface area contributed by atoms with E-state index in [1.807, 2.05) is 29.0 Å². The molecule has 6 nitrogen and oxygen atoms in total. The molecule has 0 saturated carbocycles. The molecule has 116 valence electrons. The number of hydrogen-bond donors (Lipinski definition) is 2. The smallest absolute Gasteiger partial charge is 0.251 e. The summed E-state index contributed by atoms with van der Waals surface area (Å²) in [6, 6.07) is 10.9. The molecular weight excluding hydrogens is 292 g/mol. The third-order valence-corrected chi connectivity index (χ3v) is 3.52. The van der Waals surface area contributed by atoms with E-state index in [-0.39, 0.29) is 5.91 Å². The fourth-order valence-corrected chi connectivity index (χ4v) is 2.37. The zero-order chi connectivity index (χ0) is 16.2. The van der Waals surface area contributed by atoms with Gasteiger partial charge in [0.05, 0.1) is 0 Å². The number of carbonyl (C=O) groups excluding carboxylic acids is 2. The van der Waals surface area contributed by atoms with Gasteiger partial charge in [-0.2, -0.15) is 0 Å². The van der Waals surface area contributed by atoms with Gasteiger partial charge in [0.25, 0.3) is 5.91 Å². The Morgan fingerprint density at radius 3 is 2.74 bits per heavy atom. The van der Waals surface area contributed by atoms with Crippen molar-refractivity contribution in [1.29, 1.82) is 0 Å². The van der Waals surface area contributed by atoms with Crippen LogP contribution >= 0.6 is 0 Å². The van der Waals surface area contributed by atoms with E-state index < -0.39 is 0 Å². The fraction of sp³-hybridized carbons (Fsp3) is 0.118. The van der Waals surface area contributed by atoms with Gasteiger partial charge in [0, 0.05) is 47.7 Å². The van der Waals surface area contributed by atoms with E-state index in [0.29, 0.717) is 24.2 Å². The van der Waals surface area contributed by atoms with Gasteiger partial charge < -0.3 is 15.6 Å². The van der Waals surface area contributed by atoms with Gasteiger partial charge in [-0.05, 0) is 36.4 Å². The summed E-state index contributed by atoms with van der Waals surface area (Å²) >= 11 is 0. The van der Waals surface area contributed by atoms with Gasteiger partial charge in [0.15, 0.2) is 6.29 Å². The van der Waals surface area contributed by atoms with Gasteiger partial charge in [-0.15, -0.1) is 0 Å². The van der Waals surface area contributed by atoms with Gasteiger partial charge in [-0.1, -0.05) is 0 Å². The maximum atomic E-state index is 11.9. The maximum absolute atomic E-state index is 11.9. The van der Waals surface area contributed by atoms with Crippen LogP contribution in [-0.2, 0) is 0 Å². The van der Waals surface area contributed by atoms with Crippen molar-refractivity contribution in [3.8, 4) is 5.69 Å². The molecule has 0 aliphatic heterocycles. The van der Waals surface area contributed by atoms with Crippen LogP contribution < -0.4 is 11.1 Å². The van der Waals surface area contributed by atoms with Gasteiger partial charge in [0.1, 0.15) is 5.65 Å². The highest BCUT2D eigenvalue weighted by Crippen LogP contribution is 2.19. The minimum absolute atomic E-state index is 0.145. The number of nitrogens with two attached hydrogens (primary N) is 1. The Kier molecular flexibility index (Phi) is 4.16. The number of aldehydes is 1. The van der Waals surface area contributed by atoms with Crippen molar-refractivity contribution in [2.45, 2.75) is 0 Å². The van der Waals surface area contributed by atoms with Crippen LogP contribution in [-0.4, -0.2) is 34.8 Å². The van der Waals surface area contributed by atoms with Crippen molar-refractivity contribution in [2.75, 3.05) is 13.1 Å². The number of aromatic nitrogens is 2. The van der Waals surface area contributed by atoms with Crippen LogP contribution in [0.1, 0.15) is 20.7 Å². The normalized spacial score (nSPS) is 10.7. The van der Waals surface area contributed by atoms with E-state index in [2.05, 4.69) is 10.3 Å². The molecule has 0 spiro atoms. The van der Waals surface area contributed by atoms with Crippen molar-refractivity contribution in [2.24, 2.45) is 5.73 Å². The molecule has 0 aliphatic carbocycles. The van der Waals surface area contributed by atoms with Crippen LogP contribution in [0.5, 0.6) is 0 Å². The number of amides is 1. The second kappa shape index (κ2) is 6.41. The van der Waals surface area contributed by atoms with E-state index in [9.17, 15) is 9.59 Å². The average Bonchev–Trinajstić information content (AvgIpc) is 3.02. The lowest BCUT2D eigenvalue weighted by molar-refractivity contribution is 0.0954. The summed E-state index contributed by atoms with van der Waals surface area (Å²) in [5.74, 6) is -0.145. The zero-order valence-corrected chi connectivity index (χ0v) is 12.4. The number of rotatable bonds is 5. The standard InChI is InChI=1S/C17H16N4O2/c18-6-7-19-17(23)13-1-3-15(4-2-13)21-8-5-14-9-12(11-22)10-20-16(14)21/h1-5,8-11H,6-7,18H2,(H,19,23). The second-order valence-electron chi connectivity index (χ2n) is 5.08. The van der Waals surface area contributed by atoms with Crippen molar-refractivity contribution < 1.29 is 9.59 Å². The van der Waals surface area contributed by atoms with Crippen LogP contribution in [0, 0.1) is 0 Å². The lowest BCUT2D eigenvalue weighted by Crippen LogP contribution is -2.28. The molecule has 3 N–H and O–H groups in total. The fourth-order valence-electron chi connectivity index (χ4n) is 2.37. The van der Waals surface area contributed by atoms with Crippen LogP contribution in [0.2, 0.25) is 0 Å². The summed E-state index contributed by atoms with van der Waals surface area (Å²) in [7, 11) is 0. The number of carbonyl (C=O) groups is 2. The third-order valence-electron chi connectivity index (χ3n) is 3.52. The SMILES string of the molecule is NCCNC(=O)c1ccc(-n2ccc3cc(C=O)cnc32)cc1. The topological polar surface area (TPSA) is 90.0 Å². The first-order valence-electron chi connectivity index (χ1n) is 7.24. The summed E-state index contributed by atoms with van der Waals surface area (Å²) in [5.41, 5.74) is 8.14. The van der Waals surface area contributed by atoms with Crippen LogP contribution in [0.3, 0.4) is 0 Å². The molecule has 0 bridgehead atoms. The summed E-state index contributed by atoms with van der Waals surface area (Å²) in [6.07, 6.45) is 4.20. The number of pyridine rings is 1. The lowest BCUT2D eigenvalue weighted by Gasteiger charge is -2.07. The van der Waals surface area contributed by atoms with E-state index >= 15 is 0 Å². The van der Waals surface area contributed by atoms with E-state index in [1.165, 1.54) is 0 Å². The molecule has 23 heavy (non-hydrogen) atoms. The van der Waals surface area contributed by atoms with E-state index in [4.69, 9.17) is 5.73 Å². The highest BCUT2D eigenvalue weighted by Gasteiger charge is 2.08. The Morgan fingerprint density at radius 2 is 2.04 bits per heavy atom. The predicted molar refractivity (Wildman–Crippen MR) is 87.8 cm³/mol. The third kappa shape index (κ3) is 2.97. The summed E-state index contributed by atoms with van der Waals surface area (Å²) in [6.45, 7) is 0.861. The molecule has 0 unspecified atom stereocenters. The summed E-state index contributed by atoms with van der Waals surface area (Å²) in [4.78, 5) is 27.0. The minimum atomic E-state index is -0.145. The molecule has 0 aliphatic rings. The molecule has 3 rings (SSSR count). The molecule has 0 fully saturated rings. The van der Waals surface area contributed by atoms with E-state index in [1.54, 1.807) is 24.4 Å². The van der Waals surface area contributed by atoms with Crippen LogP contribution in [0.25, 0.3) is 16.7 Å². The average molecular weight is 308 g/mol. The van der Waals surface area contributed by atoms with Gasteiger partial charge in [0.2, 0.25) is 0 Å². The molecule has 1 aromatic carbocycles. The molecule has 3 aromatic rings. The summed E-state index contributed by atoms with van der Waals surface area (Å²) in [5, 5.41) is 3.62. The van der Waals surface area contributed by atoms with Crippen molar-refractivity contribution >= 4 is 23.2 Å². The molecule has 0 atom stereocenters. The second-order valence-corrected chi connectivity index (χ2v) is 5.08. The molecule has 2 heterocycles. The Bertz CT molecular complexity index is 853. The first-order valence-corrected chi connectivity index (χ1v) is 7.24. The maximum Gasteiger partial charge on any atom is 0.251 e. The first kappa shape index (κ1) is 14.9. The number of benzene rings is 1. The zero-order valence-electron chi connectivity index (χ0n) is 12.4. The van der Waals surface area contributed by atoms with Gasteiger partial charge in [-0.25, -0.2) is 4.98 Å². The van der Waals surface area contributed by atoms with Crippen molar-refractivity contribution in [3.63, 3.8) is 0 Å². The van der Waals surface area contributed by atoms with Gasteiger partial charge >= 0.3 is 0 Å². The van der Waals surface area contributed by atoms with Crippen LogP contribution in [0.4, 0.5) is 0 Å². The molecule has 2 aromatic heterocycles. The molecular formula is C17H16N4O2. The Morgan fingerprint density at radius 1 is 1.26 bits per heavy atom. The van der Waals surface area contributed by atoms with Crippen molar-refractivity contribution in [1.82, 2.24) is 14.9 Å². The number of nitrogens with zero attached hydrogens (tertiary/aromatic N) is 2. The largest absolute Gasteiger partial charge is 0.351 e.